The van der Waals surface area contributed by atoms with E-state index in [1.165, 1.54) is 0 Å². The van der Waals surface area contributed by atoms with Crippen LogP contribution in [-0.4, -0.2) is 22.0 Å². The Labute approximate surface area is 126 Å². The molecule has 0 unspecified atom stereocenters. The van der Waals surface area contributed by atoms with Gasteiger partial charge in [0.25, 0.3) is 5.91 Å². The Morgan fingerprint density at radius 3 is 2.95 bits per heavy atom. The van der Waals surface area contributed by atoms with Crippen LogP contribution in [0.2, 0.25) is 0 Å². The molecule has 0 saturated heterocycles. The minimum absolute atomic E-state index is 0.0756. The molecule has 1 aromatic heterocycles. The normalized spacial score (nSPS) is 10.4. The van der Waals surface area contributed by atoms with Crippen molar-refractivity contribution in [2.45, 2.75) is 19.4 Å². The lowest BCUT2D eigenvalue weighted by molar-refractivity contribution is 0.0953. The first-order chi connectivity index (χ1) is 9.66. The number of amides is 1. The topological polar surface area (TPSA) is 72.9 Å². The van der Waals surface area contributed by atoms with Gasteiger partial charge in [-0.1, -0.05) is 0 Å². The molecule has 0 aliphatic rings. The zero-order chi connectivity index (χ0) is 14.4. The number of nitrogens with two attached hydrogens (primary N) is 1. The highest BCUT2D eigenvalue weighted by molar-refractivity contribution is 9.10. The number of rotatable bonds is 6. The highest BCUT2D eigenvalue weighted by Crippen LogP contribution is 2.20. The van der Waals surface area contributed by atoms with Crippen LogP contribution in [0, 0.1) is 0 Å². The number of unbranched alkanes of at least 4 members (excludes halogenated alkanes) is 1. The summed E-state index contributed by atoms with van der Waals surface area (Å²) in [5, 5.41) is 2.90. The van der Waals surface area contributed by atoms with E-state index >= 15 is 0 Å². The molecule has 20 heavy (non-hydrogen) atoms. The van der Waals surface area contributed by atoms with E-state index in [-0.39, 0.29) is 5.91 Å². The van der Waals surface area contributed by atoms with E-state index in [1.807, 2.05) is 10.8 Å². The number of nitrogen functional groups attached to an aromatic ring is 1. The minimum Gasteiger partial charge on any atom is -0.398 e. The molecule has 3 N–H and O–H groups in total. The fraction of sp³-hybridized carbons (Fsp3) is 0.286. The molecule has 106 valence electrons. The number of imidazole rings is 1. The van der Waals surface area contributed by atoms with Gasteiger partial charge in [-0.05, 0) is 47.0 Å². The van der Waals surface area contributed by atoms with Gasteiger partial charge in [0, 0.05) is 41.2 Å². The van der Waals surface area contributed by atoms with Crippen LogP contribution in [-0.2, 0) is 6.54 Å². The maximum absolute atomic E-state index is 11.9. The number of benzene rings is 1. The lowest BCUT2D eigenvalue weighted by Gasteiger charge is -2.07. The predicted octanol–water partition coefficient (Wildman–Crippen LogP) is 2.44. The van der Waals surface area contributed by atoms with E-state index in [0.29, 0.717) is 17.8 Å². The third kappa shape index (κ3) is 4.09. The Morgan fingerprint density at radius 1 is 1.40 bits per heavy atom. The number of nitrogens with one attached hydrogen (secondary N) is 1. The molecule has 0 atom stereocenters. The van der Waals surface area contributed by atoms with E-state index in [4.69, 9.17) is 5.73 Å². The van der Waals surface area contributed by atoms with Crippen LogP contribution >= 0.6 is 15.9 Å². The van der Waals surface area contributed by atoms with Crippen molar-refractivity contribution in [1.82, 2.24) is 14.9 Å². The van der Waals surface area contributed by atoms with Gasteiger partial charge in [0.15, 0.2) is 0 Å². The zero-order valence-electron chi connectivity index (χ0n) is 11.1. The van der Waals surface area contributed by atoms with Crippen LogP contribution in [0.1, 0.15) is 23.2 Å². The summed E-state index contributed by atoms with van der Waals surface area (Å²) in [6.07, 6.45) is 7.43. The Hall–Kier alpha value is -1.82. The van der Waals surface area contributed by atoms with Crippen LogP contribution in [0.4, 0.5) is 5.69 Å². The largest absolute Gasteiger partial charge is 0.398 e. The van der Waals surface area contributed by atoms with Gasteiger partial charge in [0.1, 0.15) is 0 Å². The summed E-state index contributed by atoms with van der Waals surface area (Å²) in [6, 6.07) is 5.18. The Bertz CT molecular complexity index is 569. The summed E-state index contributed by atoms with van der Waals surface area (Å²) in [5.41, 5.74) is 6.93. The quantitative estimate of drug-likeness (QED) is 0.628. The molecule has 0 bridgehead atoms. The predicted molar refractivity (Wildman–Crippen MR) is 82.3 cm³/mol. The van der Waals surface area contributed by atoms with Crippen molar-refractivity contribution in [3.05, 3.63) is 47.0 Å². The second kappa shape index (κ2) is 7.09. The van der Waals surface area contributed by atoms with Crippen LogP contribution in [0.5, 0.6) is 0 Å². The molecular weight excluding hydrogens is 320 g/mol. The highest BCUT2D eigenvalue weighted by Gasteiger charge is 2.06. The fourth-order valence-electron chi connectivity index (χ4n) is 1.81. The second-order valence-electron chi connectivity index (χ2n) is 4.50. The van der Waals surface area contributed by atoms with E-state index in [1.54, 1.807) is 30.7 Å². The number of halogens is 1. The second-order valence-corrected chi connectivity index (χ2v) is 5.35. The van der Waals surface area contributed by atoms with Crippen molar-refractivity contribution in [2.24, 2.45) is 0 Å². The molecule has 0 radical (unpaired) electrons. The van der Waals surface area contributed by atoms with Gasteiger partial charge >= 0.3 is 0 Å². The molecule has 0 fully saturated rings. The van der Waals surface area contributed by atoms with Crippen molar-refractivity contribution in [1.29, 1.82) is 0 Å². The molecule has 2 aromatic rings. The van der Waals surface area contributed by atoms with Gasteiger partial charge in [-0.15, -0.1) is 0 Å². The summed E-state index contributed by atoms with van der Waals surface area (Å²) in [4.78, 5) is 15.9. The van der Waals surface area contributed by atoms with Crippen LogP contribution in [0.3, 0.4) is 0 Å². The van der Waals surface area contributed by atoms with Gasteiger partial charge in [-0.3, -0.25) is 4.79 Å². The molecule has 2 rings (SSSR count). The van der Waals surface area contributed by atoms with Crippen LogP contribution in [0.25, 0.3) is 0 Å². The number of anilines is 1. The Morgan fingerprint density at radius 2 is 2.25 bits per heavy atom. The zero-order valence-corrected chi connectivity index (χ0v) is 12.6. The average molecular weight is 337 g/mol. The summed E-state index contributed by atoms with van der Waals surface area (Å²) in [6.45, 7) is 1.58. The van der Waals surface area contributed by atoms with Crippen molar-refractivity contribution in [2.75, 3.05) is 12.3 Å². The summed E-state index contributed by atoms with van der Waals surface area (Å²) < 4.78 is 2.77. The highest BCUT2D eigenvalue weighted by atomic mass is 79.9. The van der Waals surface area contributed by atoms with Crippen molar-refractivity contribution < 1.29 is 4.79 Å². The maximum Gasteiger partial charge on any atom is 0.251 e. The van der Waals surface area contributed by atoms with Gasteiger partial charge in [-0.25, -0.2) is 4.98 Å². The monoisotopic (exact) mass is 336 g/mol. The molecule has 5 nitrogen and oxygen atoms in total. The minimum atomic E-state index is -0.0756. The number of carbonyl (C=O) groups is 1. The molecule has 0 aliphatic heterocycles. The van der Waals surface area contributed by atoms with E-state index in [0.717, 1.165) is 23.9 Å². The lowest BCUT2D eigenvalue weighted by Crippen LogP contribution is -2.24. The molecule has 6 heteroatoms. The van der Waals surface area contributed by atoms with Crippen molar-refractivity contribution >= 4 is 27.5 Å². The summed E-state index contributed by atoms with van der Waals surface area (Å²) in [5.74, 6) is -0.0756. The third-order valence-corrected chi connectivity index (χ3v) is 3.64. The molecule has 1 heterocycles. The first kappa shape index (κ1) is 14.6. The Kier molecular flexibility index (Phi) is 5.17. The molecule has 1 amide bonds. The number of hydrogen-bond acceptors (Lipinski definition) is 3. The average Bonchev–Trinajstić information content (AvgIpc) is 2.94. The molecule has 0 saturated carbocycles. The standard InChI is InChI=1S/C14H17BrN4O/c15-12-9-11(3-4-13(12)16)14(20)18-5-1-2-7-19-8-6-17-10-19/h3-4,6,8-10H,1-2,5,7,16H2,(H,18,20). The molecule has 0 aliphatic carbocycles. The summed E-state index contributed by atoms with van der Waals surface area (Å²) in [7, 11) is 0. The van der Waals surface area contributed by atoms with Gasteiger partial charge in [0.2, 0.25) is 0 Å². The van der Waals surface area contributed by atoms with Crippen molar-refractivity contribution in [3.63, 3.8) is 0 Å². The maximum atomic E-state index is 11.9. The number of aryl methyl sites for hydroxylation is 1. The van der Waals surface area contributed by atoms with Crippen LogP contribution < -0.4 is 11.1 Å². The van der Waals surface area contributed by atoms with Gasteiger partial charge in [-0.2, -0.15) is 0 Å². The van der Waals surface area contributed by atoms with E-state index < -0.39 is 0 Å². The number of nitrogens with zero attached hydrogens (tertiary/aromatic N) is 2. The molecular formula is C14H17BrN4O. The van der Waals surface area contributed by atoms with E-state index in [9.17, 15) is 4.79 Å². The Balaban J connectivity index is 1.70. The smallest absolute Gasteiger partial charge is 0.251 e. The number of hydrogen-bond donors (Lipinski definition) is 2. The SMILES string of the molecule is Nc1ccc(C(=O)NCCCCn2ccnc2)cc1Br. The number of aromatic nitrogens is 2. The third-order valence-electron chi connectivity index (χ3n) is 2.95. The van der Waals surface area contributed by atoms with Gasteiger partial charge in [0.05, 0.1) is 6.33 Å². The summed E-state index contributed by atoms with van der Waals surface area (Å²) >= 11 is 3.32. The molecule has 1 aromatic carbocycles. The number of carbonyl (C=O) groups excluding carboxylic acids is 1. The van der Waals surface area contributed by atoms with Crippen LogP contribution in [0.15, 0.2) is 41.4 Å². The fourth-order valence-corrected chi connectivity index (χ4v) is 2.19. The van der Waals surface area contributed by atoms with E-state index in [2.05, 4.69) is 26.2 Å². The molecule has 0 spiro atoms. The first-order valence-corrected chi connectivity index (χ1v) is 7.25. The lowest BCUT2D eigenvalue weighted by atomic mass is 10.2. The first-order valence-electron chi connectivity index (χ1n) is 6.46. The van der Waals surface area contributed by atoms with Gasteiger partial charge < -0.3 is 15.6 Å². The van der Waals surface area contributed by atoms with Crippen molar-refractivity contribution in [3.8, 4) is 0 Å².